The number of amides is 1. The van der Waals surface area contributed by atoms with Crippen molar-refractivity contribution >= 4 is 11.6 Å². The molecule has 1 saturated carbocycles. The van der Waals surface area contributed by atoms with Crippen molar-refractivity contribution in [2.45, 2.75) is 31.5 Å². The van der Waals surface area contributed by atoms with E-state index in [0.29, 0.717) is 24.7 Å². The van der Waals surface area contributed by atoms with Crippen molar-refractivity contribution in [3.8, 4) is 17.2 Å². The molecule has 1 spiro atoms. The summed E-state index contributed by atoms with van der Waals surface area (Å²) in [7, 11) is 0. The van der Waals surface area contributed by atoms with Crippen molar-refractivity contribution in [2.24, 2.45) is 0 Å². The van der Waals surface area contributed by atoms with E-state index < -0.39 is 5.79 Å². The fourth-order valence-electron chi connectivity index (χ4n) is 3.39. The normalized spacial score (nSPS) is 16.4. The molecule has 2 aromatic carbocycles. The van der Waals surface area contributed by atoms with Gasteiger partial charge in [0, 0.05) is 24.6 Å². The molecule has 1 N–H and O–H groups in total. The molecule has 6 heteroatoms. The molecule has 0 radical (unpaired) electrons. The Balaban J connectivity index is 1.20. The molecule has 0 atom stereocenters. The molecule has 1 amide bonds. The summed E-state index contributed by atoms with van der Waals surface area (Å²) in [5.41, 5.74) is 0.668. The van der Waals surface area contributed by atoms with E-state index in [-0.39, 0.29) is 12.5 Å². The number of nitrogens with one attached hydrogen (secondary N) is 1. The van der Waals surface area contributed by atoms with Gasteiger partial charge in [-0.3, -0.25) is 4.79 Å². The molecule has 1 heterocycles. The zero-order valence-electron chi connectivity index (χ0n) is 15.1. The molecule has 1 aliphatic heterocycles. The van der Waals surface area contributed by atoms with Crippen molar-refractivity contribution in [2.75, 3.05) is 25.1 Å². The summed E-state index contributed by atoms with van der Waals surface area (Å²) in [5.74, 6) is 1.50. The highest BCUT2D eigenvalue weighted by Crippen LogP contribution is 2.47. The minimum Gasteiger partial charge on any atom is -0.491 e. The molecule has 0 aromatic heterocycles. The molecule has 1 aliphatic carbocycles. The third-order valence-electron chi connectivity index (χ3n) is 4.66. The molecular weight excluding hydrogens is 346 g/mol. The zero-order valence-corrected chi connectivity index (χ0v) is 15.1. The van der Waals surface area contributed by atoms with E-state index in [1.165, 1.54) is 0 Å². The van der Waals surface area contributed by atoms with Crippen LogP contribution in [0.15, 0.2) is 48.5 Å². The first-order valence-electron chi connectivity index (χ1n) is 9.30. The second-order valence-corrected chi connectivity index (χ2v) is 6.75. The number of benzene rings is 2. The Bertz CT molecular complexity index is 786. The van der Waals surface area contributed by atoms with Crippen LogP contribution < -0.4 is 19.5 Å². The lowest BCUT2D eigenvalue weighted by atomic mass is 10.2. The predicted molar refractivity (Wildman–Crippen MR) is 100 cm³/mol. The van der Waals surface area contributed by atoms with Gasteiger partial charge in [-0.2, -0.15) is 0 Å². The van der Waals surface area contributed by atoms with E-state index in [4.69, 9.17) is 18.9 Å². The molecule has 2 aromatic rings. The van der Waals surface area contributed by atoms with Crippen LogP contribution in [-0.4, -0.2) is 31.5 Å². The lowest BCUT2D eigenvalue weighted by Gasteiger charge is -2.21. The summed E-state index contributed by atoms with van der Waals surface area (Å²) in [6.07, 6.45) is 4.04. The molecule has 1 fully saturated rings. The number of ether oxygens (including phenoxy) is 4. The van der Waals surface area contributed by atoms with Gasteiger partial charge in [-0.25, -0.2) is 0 Å². The van der Waals surface area contributed by atoms with Crippen LogP contribution in [0.4, 0.5) is 5.69 Å². The van der Waals surface area contributed by atoms with E-state index in [9.17, 15) is 4.79 Å². The van der Waals surface area contributed by atoms with Crippen LogP contribution >= 0.6 is 0 Å². The van der Waals surface area contributed by atoms with Gasteiger partial charge in [-0.05, 0) is 37.1 Å². The first kappa shape index (κ1) is 17.7. The number of carbonyl (C=O) groups excluding carboxylic acids is 1. The van der Waals surface area contributed by atoms with Gasteiger partial charge >= 0.3 is 0 Å². The lowest BCUT2D eigenvalue weighted by molar-refractivity contribution is -0.120. The van der Waals surface area contributed by atoms with Gasteiger partial charge in [0.1, 0.15) is 19.0 Å². The molecule has 0 unspecified atom stereocenters. The Morgan fingerprint density at radius 2 is 1.78 bits per heavy atom. The average molecular weight is 369 g/mol. The second-order valence-electron chi connectivity index (χ2n) is 6.75. The summed E-state index contributed by atoms with van der Waals surface area (Å²) < 4.78 is 22.9. The monoisotopic (exact) mass is 369 g/mol. The first-order chi connectivity index (χ1) is 13.2. The van der Waals surface area contributed by atoms with Gasteiger partial charge in [0.25, 0.3) is 5.79 Å². The van der Waals surface area contributed by atoms with Crippen molar-refractivity contribution in [1.82, 2.24) is 0 Å². The van der Waals surface area contributed by atoms with Crippen molar-refractivity contribution < 1.29 is 23.7 Å². The van der Waals surface area contributed by atoms with Gasteiger partial charge in [-0.15, -0.1) is 0 Å². The van der Waals surface area contributed by atoms with Crippen LogP contribution in [0.5, 0.6) is 17.2 Å². The Morgan fingerprint density at radius 3 is 2.59 bits per heavy atom. The lowest BCUT2D eigenvalue weighted by Crippen LogP contribution is -2.34. The SMILES string of the molecule is O=C(COCCOc1ccccc1)Nc1ccc2c(c1)OC1(CCCC1)O2. The number of rotatable bonds is 7. The molecule has 142 valence electrons. The van der Waals surface area contributed by atoms with Crippen molar-refractivity contribution in [3.05, 3.63) is 48.5 Å². The Kier molecular flexibility index (Phi) is 5.16. The van der Waals surface area contributed by atoms with Gasteiger partial charge in [0.05, 0.1) is 6.61 Å². The summed E-state index contributed by atoms with van der Waals surface area (Å²) >= 11 is 0. The third-order valence-corrected chi connectivity index (χ3v) is 4.66. The fourth-order valence-corrected chi connectivity index (χ4v) is 3.39. The highest BCUT2D eigenvalue weighted by molar-refractivity contribution is 5.92. The second kappa shape index (κ2) is 7.88. The van der Waals surface area contributed by atoms with Gasteiger partial charge in [-0.1, -0.05) is 18.2 Å². The zero-order chi connectivity index (χ0) is 18.5. The summed E-state index contributed by atoms with van der Waals surface area (Å²) in [6, 6.07) is 15.0. The van der Waals surface area contributed by atoms with E-state index in [2.05, 4.69) is 5.32 Å². The highest BCUT2D eigenvalue weighted by Gasteiger charge is 2.44. The molecule has 6 nitrogen and oxygen atoms in total. The minimum absolute atomic E-state index is 0.0312. The number of hydrogen-bond donors (Lipinski definition) is 1. The largest absolute Gasteiger partial charge is 0.491 e. The molecule has 0 bridgehead atoms. The third kappa shape index (κ3) is 4.34. The maximum absolute atomic E-state index is 12.0. The predicted octanol–water partition coefficient (Wildman–Crippen LogP) is 3.76. The van der Waals surface area contributed by atoms with E-state index >= 15 is 0 Å². The van der Waals surface area contributed by atoms with Crippen LogP contribution in [0.3, 0.4) is 0 Å². The van der Waals surface area contributed by atoms with Crippen LogP contribution in [0.25, 0.3) is 0 Å². The smallest absolute Gasteiger partial charge is 0.251 e. The number of carbonyl (C=O) groups is 1. The van der Waals surface area contributed by atoms with Gasteiger partial charge < -0.3 is 24.3 Å². The van der Waals surface area contributed by atoms with Crippen molar-refractivity contribution in [3.63, 3.8) is 0 Å². The minimum atomic E-state index is -0.493. The Hall–Kier alpha value is -2.73. The van der Waals surface area contributed by atoms with Crippen LogP contribution in [0.1, 0.15) is 25.7 Å². The van der Waals surface area contributed by atoms with Crippen molar-refractivity contribution in [1.29, 1.82) is 0 Å². The van der Waals surface area contributed by atoms with Gasteiger partial charge in [0.15, 0.2) is 11.5 Å². The Labute approximate surface area is 158 Å². The summed E-state index contributed by atoms with van der Waals surface area (Å²) in [4.78, 5) is 12.0. The molecular formula is C21H23NO5. The Morgan fingerprint density at radius 1 is 1.00 bits per heavy atom. The van der Waals surface area contributed by atoms with Crippen LogP contribution in [0, 0.1) is 0 Å². The molecule has 27 heavy (non-hydrogen) atoms. The topological polar surface area (TPSA) is 66.0 Å². The summed E-state index contributed by atoms with van der Waals surface area (Å²) in [6.45, 7) is 0.700. The number of hydrogen-bond acceptors (Lipinski definition) is 5. The molecule has 2 aliphatic rings. The average Bonchev–Trinajstić information content (AvgIpc) is 3.28. The number of anilines is 1. The maximum atomic E-state index is 12.0. The van der Waals surface area contributed by atoms with E-state index in [1.54, 1.807) is 6.07 Å². The standard InChI is InChI=1S/C21H23NO5/c23-20(15-24-12-13-25-17-6-2-1-3-7-17)22-16-8-9-18-19(14-16)27-21(26-18)10-4-5-11-21/h1-3,6-9,14H,4-5,10-13,15H2,(H,22,23). The molecule has 4 rings (SSSR count). The summed E-state index contributed by atoms with van der Waals surface area (Å²) in [5, 5.41) is 2.82. The first-order valence-corrected chi connectivity index (χ1v) is 9.30. The number of para-hydroxylation sites is 1. The van der Waals surface area contributed by atoms with E-state index in [0.717, 1.165) is 37.2 Å². The molecule has 0 saturated heterocycles. The highest BCUT2D eigenvalue weighted by atomic mass is 16.7. The van der Waals surface area contributed by atoms with Crippen LogP contribution in [-0.2, 0) is 9.53 Å². The maximum Gasteiger partial charge on any atom is 0.251 e. The number of fused-ring (bicyclic) bond motifs is 1. The van der Waals surface area contributed by atoms with Crippen LogP contribution in [0.2, 0.25) is 0 Å². The van der Waals surface area contributed by atoms with E-state index in [1.807, 2.05) is 42.5 Å². The fraction of sp³-hybridized carbons (Fsp3) is 0.381. The quantitative estimate of drug-likeness (QED) is 0.753. The van der Waals surface area contributed by atoms with Gasteiger partial charge in [0.2, 0.25) is 5.91 Å².